The molecular weight excluding hydrogens is 538 g/mol. The van der Waals surface area contributed by atoms with Crippen LogP contribution in [0.3, 0.4) is 0 Å². The summed E-state index contributed by atoms with van der Waals surface area (Å²) in [7, 11) is 0. The number of pyridine rings is 2. The van der Waals surface area contributed by atoms with Gasteiger partial charge in [-0.15, -0.1) is 0 Å². The van der Waals surface area contributed by atoms with E-state index in [0.717, 1.165) is 60.9 Å². The summed E-state index contributed by atoms with van der Waals surface area (Å²) in [6.07, 6.45) is 8.26. The predicted molar refractivity (Wildman–Crippen MR) is 150 cm³/mol. The average Bonchev–Trinajstić information content (AvgIpc) is 3.02. The minimum atomic E-state index is -0.420. The Morgan fingerprint density at radius 1 is 0.619 bits per heavy atom. The fourth-order valence-electron chi connectivity index (χ4n) is 5.31. The van der Waals surface area contributed by atoms with Crippen LogP contribution in [-0.4, -0.2) is 41.9 Å². The Kier molecular flexibility index (Phi) is 9.74. The molecule has 8 nitrogen and oxygen atoms in total. The van der Waals surface area contributed by atoms with Gasteiger partial charge in [0.2, 0.25) is 0 Å². The topological polar surface area (TPSA) is 111 Å². The predicted octanol–water partition coefficient (Wildman–Crippen LogP) is 5.27. The number of carbonyl (C=O) groups excluding carboxylic acids is 2. The SMILES string of the molecule is O=C(CCc1ccc(C2CCCC(c3ccc(CCC(=O)Cc4ccc(F)cn4)nn3)C2)nn1)Cc1ccc(F)cn1. The van der Waals surface area contributed by atoms with Crippen molar-refractivity contribution < 1.29 is 18.4 Å². The second-order valence-electron chi connectivity index (χ2n) is 10.8. The first-order chi connectivity index (χ1) is 20.4. The van der Waals surface area contributed by atoms with Crippen LogP contribution in [0, 0.1) is 11.6 Å². The number of nitrogens with zero attached hydrogens (tertiary/aromatic N) is 6. The maximum atomic E-state index is 13.0. The van der Waals surface area contributed by atoms with Crippen LogP contribution in [0.25, 0.3) is 0 Å². The summed E-state index contributed by atoms with van der Waals surface area (Å²) in [4.78, 5) is 32.5. The highest BCUT2D eigenvalue weighted by Crippen LogP contribution is 2.39. The lowest BCUT2D eigenvalue weighted by atomic mass is 9.78. The number of hydrogen-bond donors (Lipinski definition) is 0. The summed E-state index contributed by atoms with van der Waals surface area (Å²) in [6, 6.07) is 13.6. The van der Waals surface area contributed by atoms with Gasteiger partial charge in [0.15, 0.2) is 0 Å². The van der Waals surface area contributed by atoms with E-state index < -0.39 is 11.6 Å². The van der Waals surface area contributed by atoms with Crippen LogP contribution in [0.1, 0.15) is 84.5 Å². The third kappa shape index (κ3) is 8.34. The molecule has 1 saturated carbocycles. The number of hydrogen-bond acceptors (Lipinski definition) is 8. The van der Waals surface area contributed by atoms with Crippen molar-refractivity contribution in [3.8, 4) is 0 Å². The molecule has 1 aliphatic carbocycles. The lowest BCUT2D eigenvalue weighted by Gasteiger charge is -2.28. The summed E-state index contributed by atoms with van der Waals surface area (Å²) in [5, 5.41) is 17.7. The van der Waals surface area contributed by atoms with Gasteiger partial charge in [0.1, 0.15) is 23.2 Å². The molecule has 0 amide bonds. The molecule has 5 rings (SSSR count). The summed E-state index contributed by atoms with van der Waals surface area (Å²) >= 11 is 0. The summed E-state index contributed by atoms with van der Waals surface area (Å²) in [5.74, 6) is -0.245. The van der Waals surface area contributed by atoms with Crippen molar-refractivity contribution in [1.29, 1.82) is 0 Å². The minimum Gasteiger partial charge on any atom is -0.299 e. The second kappa shape index (κ2) is 14.0. The number of Topliss-reactive ketones (excluding diaryl/α,β-unsaturated/α-hetero) is 2. The van der Waals surface area contributed by atoms with E-state index in [0.29, 0.717) is 37.1 Å². The van der Waals surface area contributed by atoms with Gasteiger partial charge < -0.3 is 0 Å². The molecule has 0 saturated heterocycles. The molecule has 0 aliphatic heterocycles. The van der Waals surface area contributed by atoms with Gasteiger partial charge in [-0.3, -0.25) is 19.6 Å². The molecule has 4 aromatic rings. The molecule has 216 valence electrons. The molecule has 0 aromatic carbocycles. The van der Waals surface area contributed by atoms with Crippen molar-refractivity contribution in [3.05, 3.63) is 107 Å². The van der Waals surface area contributed by atoms with E-state index in [2.05, 4.69) is 30.4 Å². The van der Waals surface area contributed by atoms with E-state index in [-0.39, 0.29) is 36.2 Å². The van der Waals surface area contributed by atoms with Crippen LogP contribution < -0.4 is 0 Å². The van der Waals surface area contributed by atoms with Gasteiger partial charge in [0.25, 0.3) is 0 Å². The summed E-state index contributed by atoms with van der Waals surface area (Å²) in [5.41, 5.74) is 4.54. The summed E-state index contributed by atoms with van der Waals surface area (Å²) < 4.78 is 26.0. The van der Waals surface area contributed by atoms with Crippen molar-refractivity contribution in [2.24, 2.45) is 0 Å². The normalized spacial score (nSPS) is 16.7. The van der Waals surface area contributed by atoms with E-state index in [9.17, 15) is 18.4 Å². The highest BCUT2D eigenvalue weighted by atomic mass is 19.1. The van der Waals surface area contributed by atoms with Gasteiger partial charge >= 0.3 is 0 Å². The first kappa shape index (κ1) is 29.2. The zero-order valence-electron chi connectivity index (χ0n) is 23.3. The van der Waals surface area contributed by atoms with Gasteiger partial charge in [0.05, 0.1) is 35.2 Å². The lowest BCUT2D eigenvalue weighted by Crippen LogP contribution is -2.16. The largest absolute Gasteiger partial charge is 0.299 e. The van der Waals surface area contributed by atoms with Gasteiger partial charge in [-0.25, -0.2) is 8.78 Å². The molecule has 10 heteroatoms. The van der Waals surface area contributed by atoms with E-state index in [1.807, 2.05) is 24.3 Å². The summed E-state index contributed by atoms with van der Waals surface area (Å²) in [6.45, 7) is 0. The van der Waals surface area contributed by atoms with Crippen LogP contribution in [0.15, 0.2) is 60.9 Å². The van der Waals surface area contributed by atoms with Crippen LogP contribution in [0.5, 0.6) is 0 Å². The Bertz CT molecular complexity index is 1370. The zero-order valence-corrected chi connectivity index (χ0v) is 23.3. The highest BCUT2D eigenvalue weighted by molar-refractivity contribution is 5.81. The standard InChI is InChI=1S/C32H32F2N6O2/c33-23-4-6-27(35-19-23)17-29(41)12-8-25-10-14-31(39-37-25)21-2-1-3-22(16-21)32-15-11-26(38-40-32)9-13-30(42)18-28-7-5-24(34)20-36-28/h4-7,10-11,14-15,19-22H,1-3,8-9,12-13,16-18H2. The zero-order chi connectivity index (χ0) is 29.3. The Morgan fingerprint density at radius 2 is 1.07 bits per heavy atom. The highest BCUT2D eigenvalue weighted by Gasteiger charge is 2.27. The number of aromatic nitrogens is 6. The van der Waals surface area contributed by atoms with E-state index in [4.69, 9.17) is 0 Å². The van der Waals surface area contributed by atoms with Crippen LogP contribution in [0.4, 0.5) is 8.78 Å². The van der Waals surface area contributed by atoms with Crippen molar-refractivity contribution in [2.45, 2.75) is 76.0 Å². The van der Waals surface area contributed by atoms with Crippen molar-refractivity contribution in [1.82, 2.24) is 30.4 Å². The number of carbonyl (C=O) groups is 2. The number of rotatable bonds is 12. The Hall–Kier alpha value is -4.34. The second-order valence-corrected chi connectivity index (χ2v) is 10.8. The Balaban J connectivity index is 1.08. The fraction of sp³-hybridized carbons (Fsp3) is 0.375. The number of halogens is 2. The van der Waals surface area contributed by atoms with E-state index in [1.54, 1.807) is 0 Å². The molecule has 2 unspecified atom stereocenters. The molecule has 2 atom stereocenters. The van der Waals surface area contributed by atoms with Crippen molar-refractivity contribution in [3.63, 3.8) is 0 Å². The third-order valence-electron chi connectivity index (χ3n) is 7.65. The molecule has 1 aliphatic rings. The van der Waals surface area contributed by atoms with E-state index in [1.165, 1.54) is 24.3 Å². The molecule has 0 N–H and O–H groups in total. The number of aryl methyl sites for hydroxylation is 2. The van der Waals surface area contributed by atoms with E-state index >= 15 is 0 Å². The third-order valence-corrected chi connectivity index (χ3v) is 7.65. The number of ketones is 2. The molecule has 4 aromatic heterocycles. The van der Waals surface area contributed by atoms with Gasteiger partial charge in [-0.05, 0) is 80.6 Å². The lowest BCUT2D eigenvalue weighted by molar-refractivity contribution is -0.119. The molecule has 4 heterocycles. The molecule has 1 fully saturated rings. The molecular formula is C32H32F2N6O2. The molecule has 0 radical (unpaired) electrons. The maximum absolute atomic E-state index is 13.0. The Morgan fingerprint density at radius 3 is 1.45 bits per heavy atom. The smallest absolute Gasteiger partial charge is 0.141 e. The van der Waals surface area contributed by atoms with Gasteiger partial charge in [-0.2, -0.15) is 20.4 Å². The average molecular weight is 571 g/mol. The van der Waals surface area contributed by atoms with Crippen LogP contribution in [-0.2, 0) is 35.3 Å². The first-order valence-corrected chi connectivity index (χ1v) is 14.3. The molecule has 42 heavy (non-hydrogen) atoms. The monoisotopic (exact) mass is 570 g/mol. The quantitative estimate of drug-likeness (QED) is 0.227. The maximum Gasteiger partial charge on any atom is 0.141 e. The minimum absolute atomic E-state index is 0.0242. The van der Waals surface area contributed by atoms with Crippen LogP contribution in [0.2, 0.25) is 0 Å². The molecule has 0 bridgehead atoms. The van der Waals surface area contributed by atoms with Crippen molar-refractivity contribution >= 4 is 11.6 Å². The van der Waals surface area contributed by atoms with Crippen molar-refractivity contribution in [2.75, 3.05) is 0 Å². The molecule has 0 spiro atoms. The fourth-order valence-corrected chi connectivity index (χ4v) is 5.31. The van der Waals surface area contributed by atoms with Gasteiger partial charge in [-0.1, -0.05) is 6.42 Å². The van der Waals surface area contributed by atoms with Crippen LogP contribution >= 0.6 is 0 Å². The van der Waals surface area contributed by atoms with Gasteiger partial charge in [0, 0.05) is 48.9 Å². The first-order valence-electron chi connectivity index (χ1n) is 14.3. The Labute approximate surface area is 243 Å².